The monoisotopic (exact) mass is 310 g/mol. The standard InChI is InChI=1S/C19H26N4/c1-15-6-5-7-17(12-15)14-22-19(20-2)21-13-16-8-10-18(11-9-16)23(3)4/h5-12H,13-14H2,1-4H3,(H2,20,21,22). The first kappa shape index (κ1) is 16.9. The van der Waals surface area contributed by atoms with Crippen LogP contribution < -0.4 is 15.5 Å². The zero-order valence-corrected chi connectivity index (χ0v) is 14.4. The lowest BCUT2D eigenvalue weighted by molar-refractivity contribution is 0.808. The first-order valence-corrected chi connectivity index (χ1v) is 7.85. The van der Waals surface area contributed by atoms with Crippen molar-refractivity contribution in [3.8, 4) is 0 Å². The molecule has 4 nitrogen and oxygen atoms in total. The minimum Gasteiger partial charge on any atom is -0.378 e. The second kappa shape index (κ2) is 8.22. The number of hydrogen-bond acceptors (Lipinski definition) is 2. The highest BCUT2D eigenvalue weighted by molar-refractivity contribution is 5.79. The molecule has 0 atom stereocenters. The molecule has 2 N–H and O–H groups in total. The topological polar surface area (TPSA) is 39.7 Å². The van der Waals surface area contributed by atoms with Gasteiger partial charge in [0.1, 0.15) is 0 Å². The van der Waals surface area contributed by atoms with Gasteiger partial charge in [-0.2, -0.15) is 0 Å². The molecule has 0 radical (unpaired) electrons. The van der Waals surface area contributed by atoms with Crippen molar-refractivity contribution in [2.45, 2.75) is 20.0 Å². The lowest BCUT2D eigenvalue weighted by Gasteiger charge is -2.14. The van der Waals surface area contributed by atoms with E-state index in [1.807, 2.05) is 14.1 Å². The number of aliphatic imine (C=N–C) groups is 1. The Kier molecular flexibility index (Phi) is 6.03. The third-order valence-electron chi connectivity index (χ3n) is 3.68. The van der Waals surface area contributed by atoms with E-state index in [9.17, 15) is 0 Å². The quantitative estimate of drug-likeness (QED) is 0.659. The van der Waals surface area contributed by atoms with E-state index in [1.165, 1.54) is 22.4 Å². The van der Waals surface area contributed by atoms with E-state index in [-0.39, 0.29) is 0 Å². The van der Waals surface area contributed by atoms with Crippen LogP contribution in [0.5, 0.6) is 0 Å². The number of rotatable bonds is 5. The van der Waals surface area contributed by atoms with Crippen LogP contribution in [0.2, 0.25) is 0 Å². The SMILES string of the molecule is CN=C(NCc1ccc(N(C)C)cc1)NCc1cccc(C)c1. The predicted molar refractivity (Wildman–Crippen MR) is 99.0 cm³/mol. The van der Waals surface area contributed by atoms with Crippen molar-refractivity contribution in [2.75, 3.05) is 26.0 Å². The first-order valence-electron chi connectivity index (χ1n) is 7.85. The maximum absolute atomic E-state index is 4.27. The largest absolute Gasteiger partial charge is 0.378 e. The Morgan fingerprint density at radius 3 is 2.17 bits per heavy atom. The minimum absolute atomic E-state index is 0.751. The van der Waals surface area contributed by atoms with E-state index >= 15 is 0 Å². The Morgan fingerprint density at radius 2 is 1.61 bits per heavy atom. The van der Waals surface area contributed by atoms with Crippen LogP contribution in [-0.2, 0) is 13.1 Å². The van der Waals surface area contributed by atoms with Crippen molar-refractivity contribution in [2.24, 2.45) is 4.99 Å². The fourth-order valence-corrected chi connectivity index (χ4v) is 2.33. The van der Waals surface area contributed by atoms with Gasteiger partial charge in [0.25, 0.3) is 0 Å². The number of hydrogen-bond donors (Lipinski definition) is 2. The summed E-state index contributed by atoms with van der Waals surface area (Å²) in [4.78, 5) is 6.37. The fraction of sp³-hybridized carbons (Fsp3) is 0.316. The Morgan fingerprint density at radius 1 is 0.957 bits per heavy atom. The predicted octanol–water partition coefficient (Wildman–Crippen LogP) is 2.93. The summed E-state index contributed by atoms with van der Waals surface area (Å²) in [6.45, 7) is 3.62. The van der Waals surface area contributed by atoms with Crippen molar-refractivity contribution < 1.29 is 0 Å². The molecule has 0 fully saturated rings. The minimum atomic E-state index is 0.751. The average molecular weight is 310 g/mol. The van der Waals surface area contributed by atoms with Gasteiger partial charge in [-0.1, -0.05) is 42.0 Å². The normalized spacial score (nSPS) is 11.2. The van der Waals surface area contributed by atoms with E-state index in [0.29, 0.717) is 0 Å². The van der Waals surface area contributed by atoms with Crippen LogP contribution >= 0.6 is 0 Å². The number of aryl methyl sites for hydroxylation is 1. The van der Waals surface area contributed by atoms with E-state index in [0.717, 1.165) is 19.0 Å². The fourth-order valence-electron chi connectivity index (χ4n) is 2.33. The molecular formula is C19H26N4. The Balaban J connectivity index is 1.85. The molecule has 0 bridgehead atoms. The summed E-state index contributed by atoms with van der Waals surface area (Å²) in [5.74, 6) is 0.809. The number of nitrogens with zero attached hydrogens (tertiary/aromatic N) is 2. The van der Waals surface area contributed by atoms with E-state index in [4.69, 9.17) is 0 Å². The average Bonchev–Trinajstić information content (AvgIpc) is 2.55. The van der Waals surface area contributed by atoms with Crippen LogP contribution in [0.4, 0.5) is 5.69 Å². The summed E-state index contributed by atoms with van der Waals surface area (Å²) in [7, 11) is 5.88. The molecule has 4 heteroatoms. The molecule has 0 saturated heterocycles. The maximum Gasteiger partial charge on any atom is 0.191 e. The van der Waals surface area contributed by atoms with Crippen molar-refractivity contribution in [1.29, 1.82) is 0 Å². The molecule has 2 rings (SSSR count). The summed E-state index contributed by atoms with van der Waals surface area (Å²) < 4.78 is 0. The van der Waals surface area contributed by atoms with Crippen molar-refractivity contribution >= 4 is 11.6 Å². The second-order valence-corrected chi connectivity index (χ2v) is 5.83. The first-order chi connectivity index (χ1) is 11.1. The number of anilines is 1. The number of nitrogens with one attached hydrogen (secondary N) is 2. The maximum atomic E-state index is 4.27. The summed E-state index contributed by atoms with van der Waals surface area (Å²) in [6.07, 6.45) is 0. The second-order valence-electron chi connectivity index (χ2n) is 5.83. The van der Waals surface area contributed by atoms with E-state index < -0.39 is 0 Å². The van der Waals surface area contributed by atoms with Crippen LogP contribution in [0.1, 0.15) is 16.7 Å². The lowest BCUT2D eigenvalue weighted by Crippen LogP contribution is -2.36. The lowest BCUT2D eigenvalue weighted by atomic mass is 10.1. The van der Waals surface area contributed by atoms with Crippen LogP contribution in [0.3, 0.4) is 0 Å². The van der Waals surface area contributed by atoms with Gasteiger partial charge in [0, 0.05) is 39.9 Å². The van der Waals surface area contributed by atoms with E-state index in [1.54, 1.807) is 7.05 Å². The zero-order valence-electron chi connectivity index (χ0n) is 14.4. The Labute approximate surface area is 139 Å². The summed E-state index contributed by atoms with van der Waals surface area (Å²) in [5, 5.41) is 6.69. The number of guanidine groups is 1. The van der Waals surface area contributed by atoms with Gasteiger partial charge in [0.15, 0.2) is 5.96 Å². The third kappa shape index (κ3) is 5.33. The molecule has 0 aliphatic heterocycles. The van der Waals surface area contributed by atoms with Crippen LogP contribution in [0, 0.1) is 6.92 Å². The van der Waals surface area contributed by atoms with Crippen LogP contribution in [-0.4, -0.2) is 27.1 Å². The summed E-state index contributed by atoms with van der Waals surface area (Å²) >= 11 is 0. The van der Waals surface area contributed by atoms with Gasteiger partial charge in [0.05, 0.1) is 0 Å². The van der Waals surface area contributed by atoms with Crippen molar-refractivity contribution in [1.82, 2.24) is 10.6 Å². The molecule has 0 unspecified atom stereocenters. The molecule has 2 aromatic carbocycles. The van der Waals surface area contributed by atoms with Gasteiger partial charge in [-0.15, -0.1) is 0 Å². The summed E-state index contributed by atoms with van der Waals surface area (Å²) in [5.41, 5.74) is 4.96. The molecule has 0 saturated carbocycles. The zero-order chi connectivity index (χ0) is 16.7. The molecule has 0 aliphatic carbocycles. The van der Waals surface area contributed by atoms with E-state index in [2.05, 4.69) is 76.0 Å². The Bertz CT molecular complexity index is 645. The smallest absolute Gasteiger partial charge is 0.191 e. The molecule has 0 heterocycles. The van der Waals surface area contributed by atoms with Gasteiger partial charge < -0.3 is 15.5 Å². The van der Waals surface area contributed by atoms with Crippen LogP contribution in [0.25, 0.3) is 0 Å². The highest BCUT2D eigenvalue weighted by atomic mass is 15.2. The molecule has 122 valence electrons. The van der Waals surface area contributed by atoms with Crippen LogP contribution in [0.15, 0.2) is 53.5 Å². The van der Waals surface area contributed by atoms with Gasteiger partial charge in [0.2, 0.25) is 0 Å². The van der Waals surface area contributed by atoms with Crippen molar-refractivity contribution in [3.05, 3.63) is 65.2 Å². The van der Waals surface area contributed by atoms with Gasteiger partial charge >= 0.3 is 0 Å². The van der Waals surface area contributed by atoms with Gasteiger partial charge in [-0.3, -0.25) is 4.99 Å². The molecule has 0 spiro atoms. The third-order valence-corrected chi connectivity index (χ3v) is 3.68. The molecular weight excluding hydrogens is 284 g/mol. The Hall–Kier alpha value is -2.49. The number of benzene rings is 2. The highest BCUT2D eigenvalue weighted by Gasteiger charge is 2.00. The molecule has 0 amide bonds. The molecule has 0 aliphatic rings. The summed E-state index contributed by atoms with van der Waals surface area (Å²) in [6, 6.07) is 17.0. The molecule has 0 aromatic heterocycles. The van der Waals surface area contributed by atoms with Gasteiger partial charge in [-0.05, 0) is 30.2 Å². The molecule has 23 heavy (non-hydrogen) atoms. The molecule has 2 aromatic rings. The highest BCUT2D eigenvalue weighted by Crippen LogP contribution is 2.11. The van der Waals surface area contributed by atoms with Crippen molar-refractivity contribution in [3.63, 3.8) is 0 Å². The van der Waals surface area contributed by atoms with Gasteiger partial charge in [-0.25, -0.2) is 0 Å².